The van der Waals surface area contributed by atoms with Crippen LogP contribution in [0.4, 0.5) is 5.69 Å². The first-order chi connectivity index (χ1) is 13.1. The maximum atomic E-state index is 12.0. The van der Waals surface area contributed by atoms with Crippen molar-refractivity contribution in [3.8, 4) is 0 Å². The highest BCUT2D eigenvalue weighted by molar-refractivity contribution is 5.95. The summed E-state index contributed by atoms with van der Waals surface area (Å²) in [5.74, 6) is -0.799. The zero-order chi connectivity index (χ0) is 19.5. The van der Waals surface area contributed by atoms with E-state index in [-0.39, 0.29) is 24.8 Å². The van der Waals surface area contributed by atoms with Crippen LogP contribution in [0.5, 0.6) is 0 Å². The van der Waals surface area contributed by atoms with E-state index >= 15 is 0 Å². The van der Waals surface area contributed by atoms with Gasteiger partial charge in [0.2, 0.25) is 5.91 Å². The number of nitrogens with one attached hydrogen (secondary N) is 2. The van der Waals surface area contributed by atoms with Gasteiger partial charge in [-0.25, -0.2) is 4.79 Å². The molecule has 0 fully saturated rings. The molecule has 2 N–H and O–H groups in total. The number of anilines is 1. The Hall–Kier alpha value is -3.41. The lowest BCUT2D eigenvalue weighted by Crippen LogP contribution is -2.27. The molecule has 2 aromatic carbocycles. The number of hydrogen-bond acceptors (Lipinski definition) is 4. The van der Waals surface area contributed by atoms with Crippen LogP contribution in [-0.2, 0) is 14.3 Å². The molecule has 0 aliphatic heterocycles. The molecule has 140 valence electrons. The second-order valence-corrected chi connectivity index (χ2v) is 5.63. The number of hydrogen-bond donors (Lipinski definition) is 2. The number of amides is 2. The molecule has 0 radical (unpaired) electrons. The molecule has 2 amide bonds. The first-order valence-electron chi connectivity index (χ1n) is 8.66. The summed E-state index contributed by atoms with van der Waals surface area (Å²) in [6, 6.07) is 15.9. The summed E-state index contributed by atoms with van der Waals surface area (Å²) < 4.78 is 4.81. The molecule has 0 saturated carbocycles. The number of esters is 1. The molecule has 0 saturated heterocycles. The quantitative estimate of drug-likeness (QED) is 0.556. The molecule has 0 heterocycles. The fourth-order valence-electron chi connectivity index (χ4n) is 2.24. The van der Waals surface area contributed by atoms with Crippen LogP contribution in [0.2, 0.25) is 0 Å². The normalized spacial score (nSPS) is 10.4. The molecule has 6 heteroatoms. The summed E-state index contributed by atoms with van der Waals surface area (Å²) in [6.45, 7) is 2.33. The molecular formula is C21H22N2O4. The van der Waals surface area contributed by atoms with E-state index in [2.05, 4.69) is 10.6 Å². The van der Waals surface area contributed by atoms with Crippen molar-refractivity contribution >= 4 is 29.5 Å². The van der Waals surface area contributed by atoms with E-state index in [1.54, 1.807) is 61.5 Å². The van der Waals surface area contributed by atoms with E-state index in [1.165, 1.54) is 6.08 Å². The van der Waals surface area contributed by atoms with Gasteiger partial charge in [0, 0.05) is 30.3 Å². The Labute approximate surface area is 158 Å². The van der Waals surface area contributed by atoms with Crippen molar-refractivity contribution in [1.29, 1.82) is 0 Å². The van der Waals surface area contributed by atoms with Gasteiger partial charge in [-0.2, -0.15) is 0 Å². The minimum Gasteiger partial charge on any atom is -0.463 e. The maximum Gasteiger partial charge on any atom is 0.330 e. The van der Waals surface area contributed by atoms with Crippen LogP contribution in [0.3, 0.4) is 0 Å². The Bertz CT molecular complexity index is 799. The molecule has 2 aromatic rings. The Morgan fingerprint density at radius 1 is 1.00 bits per heavy atom. The number of rotatable bonds is 8. The van der Waals surface area contributed by atoms with E-state index in [1.807, 2.05) is 6.07 Å². The lowest BCUT2D eigenvalue weighted by atomic mass is 10.2. The zero-order valence-electron chi connectivity index (χ0n) is 15.1. The summed E-state index contributed by atoms with van der Waals surface area (Å²) in [7, 11) is 0. The number of benzene rings is 2. The van der Waals surface area contributed by atoms with E-state index in [0.717, 1.165) is 5.56 Å². The molecule has 6 nitrogen and oxygen atoms in total. The molecule has 27 heavy (non-hydrogen) atoms. The van der Waals surface area contributed by atoms with Crippen LogP contribution in [0.15, 0.2) is 60.7 Å². The van der Waals surface area contributed by atoms with Crippen LogP contribution in [0.25, 0.3) is 6.08 Å². The molecule has 0 aromatic heterocycles. The summed E-state index contributed by atoms with van der Waals surface area (Å²) in [4.78, 5) is 35.1. The van der Waals surface area contributed by atoms with Gasteiger partial charge in [0.1, 0.15) is 0 Å². The highest BCUT2D eigenvalue weighted by Gasteiger charge is 2.06. The van der Waals surface area contributed by atoms with Crippen molar-refractivity contribution in [2.45, 2.75) is 13.3 Å². The second-order valence-electron chi connectivity index (χ2n) is 5.63. The van der Waals surface area contributed by atoms with Crippen LogP contribution >= 0.6 is 0 Å². The van der Waals surface area contributed by atoms with Crippen molar-refractivity contribution in [1.82, 2.24) is 5.32 Å². The molecule has 0 unspecified atom stereocenters. The van der Waals surface area contributed by atoms with E-state index in [0.29, 0.717) is 17.9 Å². The fraction of sp³-hybridized carbons (Fsp3) is 0.190. The molecule has 0 aliphatic rings. The third-order valence-electron chi connectivity index (χ3n) is 3.57. The van der Waals surface area contributed by atoms with Crippen molar-refractivity contribution in [2.75, 3.05) is 18.5 Å². The monoisotopic (exact) mass is 366 g/mol. The smallest absolute Gasteiger partial charge is 0.330 e. The van der Waals surface area contributed by atoms with Gasteiger partial charge in [-0.3, -0.25) is 9.59 Å². The standard InChI is InChI=1S/C21H22N2O4/c1-2-27-20(25)13-10-16-8-11-18(12-9-16)23-19(24)14-15-22-21(26)17-6-4-3-5-7-17/h3-13H,2,14-15H2,1H3,(H,22,26)(H,23,24)/b13-10+. The van der Waals surface area contributed by atoms with E-state index in [9.17, 15) is 14.4 Å². The van der Waals surface area contributed by atoms with E-state index in [4.69, 9.17) is 4.74 Å². The largest absolute Gasteiger partial charge is 0.463 e. The van der Waals surface area contributed by atoms with Crippen LogP contribution < -0.4 is 10.6 Å². The predicted molar refractivity (Wildman–Crippen MR) is 104 cm³/mol. The number of carbonyl (C=O) groups excluding carboxylic acids is 3. The number of carbonyl (C=O) groups is 3. The van der Waals surface area contributed by atoms with Gasteiger partial charge in [0.25, 0.3) is 5.91 Å². The van der Waals surface area contributed by atoms with Gasteiger partial charge >= 0.3 is 5.97 Å². The first kappa shape index (κ1) is 19.9. The topological polar surface area (TPSA) is 84.5 Å². The number of ether oxygens (including phenoxy) is 1. The Balaban J connectivity index is 1.75. The van der Waals surface area contributed by atoms with Crippen molar-refractivity contribution in [2.24, 2.45) is 0 Å². The molecule has 0 spiro atoms. The molecule has 0 aliphatic carbocycles. The molecule has 2 rings (SSSR count). The van der Waals surface area contributed by atoms with Gasteiger partial charge in [0.15, 0.2) is 0 Å². The summed E-state index contributed by atoms with van der Waals surface area (Å²) in [5.41, 5.74) is 2.02. The maximum absolute atomic E-state index is 12.0. The van der Waals surface area contributed by atoms with Crippen LogP contribution in [0.1, 0.15) is 29.3 Å². The van der Waals surface area contributed by atoms with Gasteiger partial charge < -0.3 is 15.4 Å². The van der Waals surface area contributed by atoms with Crippen LogP contribution in [0, 0.1) is 0 Å². The van der Waals surface area contributed by atoms with Crippen LogP contribution in [-0.4, -0.2) is 30.9 Å². The molecule has 0 atom stereocenters. The average molecular weight is 366 g/mol. The van der Waals surface area contributed by atoms with Crippen molar-refractivity contribution in [3.05, 3.63) is 71.8 Å². The van der Waals surface area contributed by atoms with E-state index < -0.39 is 5.97 Å². The van der Waals surface area contributed by atoms with Gasteiger partial charge in [-0.15, -0.1) is 0 Å². The predicted octanol–water partition coefficient (Wildman–Crippen LogP) is 3.02. The second kappa shape index (κ2) is 10.6. The zero-order valence-corrected chi connectivity index (χ0v) is 15.1. The lowest BCUT2D eigenvalue weighted by molar-refractivity contribution is -0.137. The summed E-state index contributed by atoms with van der Waals surface area (Å²) >= 11 is 0. The third kappa shape index (κ3) is 7.15. The van der Waals surface area contributed by atoms with Gasteiger partial charge in [-0.05, 0) is 42.8 Å². The summed E-state index contributed by atoms with van der Waals surface area (Å²) in [5, 5.41) is 5.47. The van der Waals surface area contributed by atoms with Gasteiger partial charge in [-0.1, -0.05) is 30.3 Å². The summed E-state index contributed by atoms with van der Waals surface area (Å²) in [6.07, 6.45) is 3.16. The lowest BCUT2D eigenvalue weighted by Gasteiger charge is -2.07. The minimum atomic E-state index is -0.396. The highest BCUT2D eigenvalue weighted by atomic mass is 16.5. The van der Waals surface area contributed by atoms with Crippen molar-refractivity contribution in [3.63, 3.8) is 0 Å². The Morgan fingerprint density at radius 3 is 2.37 bits per heavy atom. The third-order valence-corrected chi connectivity index (χ3v) is 3.57. The van der Waals surface area contributed by atoms with Gasteiger partial charge in [0.05, 0.1) is 6.61 Å². The SMILES string of the molecule is CCOC(=O)/C=C/c1ccc(NC(=O)CCNC(=O)c2ccccc2)cc1. The fourth-order valence-corrected chi connectivity index (χ4v) is 2.24. The van der Waals surface area contributed by atoms with Crippen molar-refractivity contribution < 1.29 is 19.1 Å². The molecular weight excluding hydrogens is 344 g/mol. The Kier molecular flexibility index (Phi) is 7.78. The highest BCUT2D eigenvalue weighted by Crippen LogP contribution is 2.11. The molecule has 0 bridgehead atoms. The Morgan fingerprint density at radius 2 is 1.70 bits per heavy atom. The minimum absolute atomic E-state index is 0.170. The average Bonchev–Trinajstić information content (AvgIpc) is 2.68. The first-order valence-corrected chi connectivity index (χ1v) is 8.66.